The van der Waals surface area contributed by atoms with E-state index in [0.717, 1.165) is 51.9 Å². The highest BCUT2D eigenvalue weighted by Gasteiger charge is 2.24. The fourth-order valence-corrected chi connectivity index (χ4v) is 2.67. The van der Waals surface area contributed by atoms with Gasteiger partial charge in [-0.1, -0.05) is 13.8 Å². The van der Waals surface area contributed by atoms with Crippen molar-refractivity contribution in [2.45, 2.75) is 84.4 Å². The van der Waals surface area contributed by atoms with E-state index >= 15 is 0 Å². The van der Waals surface area contributed by atoms with Crippen LogP contribution in [-0.2, 0) is 9.47 Å². The third kappa shape index (κ3) is 10.6. The van der Waals surface area contributed by atoms with Crippen molar-refractivity contribution < 1.29 is 14.3 Å². The van der Waals surface area contributed by atoms with Gasteiger partial charge in [0.2, 0.25) is 0 Å². The van der Waals surface area contributed by atoms with Crippen molar-refractivity contribution in [3.63, 3.8) is 0 Å². The SMILES string of the molecule is CC(C)CCOCCNC1CCC(NC(=O)OC(C)(C)C)CC1. The summed E-state index contributed by atoms with van der Waals surface area (Å²) in [4.78, 5) is 11.8. The van der Waals surface area contributed by atoms with Crippen molar-refractivity contribution >= 4 is 6.09 Å². The maximum atomic E-state index is 11.8. The van der Waals surface area contributed by atoms with Crippen molar-refractivity contribution in [3.8, 4) is 0 Å². The minimum Gasteiger partial charge on any atom is -0.444 e. The third-order valence-corrected chi connectivity index (χ3v) is 3.97. The number of rotatable bonds is 8. The van der Waals surface area contributed by atoms with Crippen LogP contribution in [0.2, 0.25) is 0 Å². The lowest BCUT2D eigenvalue weighted by Crippen LogP contribution is -2.44. The maximum absolute atomic E-state index is 11.8. The van der Waals surface area contributed by atoms with E-state index in [1.54, 1.807) is 0 Å². The molecule has 1 aliphatic carbocycles. The Kier molecular flexibility index (Phi) is 8.92. The Hall–Kier alpha value is -0.810. The van der Waals surface area contributed by atoms with E-state index < -0.39 is 5.60 Å². The second-order valence-corrected chi connectivity index (χ2v) is 7.94. The lowest BCUT2D eigenvalue weighted by Gasteiger charge is -2.30. The highest BCUT2D eigenvalue weighted by molar-refractivity contribution is 5.68. The second-order valence-electron chi connectivity index (χ2n) is 7.94. The van der Waals surface area contributed by atoms with Gasteiger partial charge in [-0.05, 0) is 58.8 Å². The summed E-state index contributed by atoms with van der Waals surface area (Å²) in [6.07, 6.45) is 5.02. The van der Waals surface area contributed by atoms with Crippen molar-refractivity contribution in [2.24, 2.45) is 5.92 Å². The Bertz CT molecular complexity index is 332. The Morgan fingerprint density at radius 3 is 2.26 bits per heavy atom. The molecule has 0 spiro atoms. The summed E-state index contributed by atoms with van der Waals surface area (Å²) >= 11 is 0. The molecule has 1 rings (SSSR count). The van der Waals surface area contributed by atoms with E-state index in [-0.39, 0.29) is 12.1 Å². The van der Waals surface area contributed by atoms with Crippen LogP contribution in [0.5, 0.6) is 0 Å². The number of ether oxygens (including phenoxy) is 2. The molecule has 1 fully saturated rings. The van der Waals surface area contributed by atoms with Gasteiger partial charge in [-0.2, -0.15) is 0 Å². The van der Waals surface area contributed by atoms with Crippen LogP contribution in [0.25, 0.3) is 0 Å². The van der Waals surface area contributed by atoms with Gasteiger partial charge in [-0.15, -0.1) is 0 Å². The van der Waals surface area contributed by atoms with Crippen LogP contribution in [0.4, 0.5) is 4.79 Å². The first-order valence-corrected chi connectivity index (χ1v) is 9.07. The van der Waals surface area contributed by atoms with Crippen molar-refractivity contribution in [1.82, 2.24) is 10.6 Å². The summed E-state index contributed by atoms with van der Waals surface area (Å²) in [6, 6.07) is 0.783. The van der Waals surface area contributed by atoms with Crippen LogP contribution in [-0.4, -0.2) is 43.5 Å². The molecule has 0 heterocycles. The monoisotopic (exact) mass is 328 g/mol. The molecule has 0 unspecified atom stereocenters. The Morgan fingerprint density at radius 1 is 1.09 bits per heavy atom. The zero-order valence-electron chi connectivity index (χ0n) is 15.6. The summed E-state index contributed by atoms with van der Waals surface area (Å²) in [7, 11) is 0. The predicted molar refractivity (Wildman–Crippen MR) is 93.7 cm³/mol. The van der Waals surface area contributed by atoms with Crippen LogP contribution >= 0.6 is 0 Å². The van der Waals surface area contributed by atoms with Crippen LogP contribution in [0.15, 0.2) is 0 Å². The number of nitrogens with one attached hydrogen (secondary N) is 2. The largest absolute Gasteiger partial charge is 0.444 e. The van der Waals surface area contributed by atoms with Crippen molar-refractivity contribution in [3.05, 3.63) is 0 Å². The van der Waals surface area contributed by atoms with Gasteiger partial charge in [0.1, 0.15) is 5.60 Å². The second kappa shape index (κ2) is 10.1. The fraction of sp³-hybridized carbons (Fsp3) is 0.944. The van der Waals surface area contributed by atoms with Crippen LogP contribution in [0.1, 0.15) is 66.7 Å². The van der Waals surface area contributed by atoms with Gasteiger partial charge in [-0.25, -0.2) is 4.79 Å². The molecular formula is C18H36N2O3. The number of alkyl carbamates (subject to hydrolysis) is 1. The molecule has 23 heavy (non-hydrogen) atoms. The van der Waals surface area contributed by atoms with Gasteiger partial charge < -0.3 is 20.1 Å². The average Bonchev–Trinajstić information content (AvgIpc) is 2.42. The number of amides is 1. The molecule has 1 saturated carbocycles. The highest BCUT2D eigenvalue weighted by atomic mass is 16.6. The van der Waals surface area contributed by atoms with Crippen molar-refractivity contribution in [2.75, 3.05) is 19.8 Å². The lowest BCUT2D eigenvalue weighted by atomic mass is 9.91. The Balaban J connectivity index is 2.06. The molecule has 136 valence electrons. The summed E-state index contributed by atoms with van der Waals surface area (Å²) in [5.41, 5.74) is -0.432. The number of carbonyl (C=O) groups is 1. The van der Waals surface area contributed by atoms with Crippen LogP contribution < -0.4 is 10.6 Å². The fourth-order valence-electron chi connectivity index (χ4n) is 2.67. The number of hydrogen-bond acceptors (Lipinski definition) is 4. The van der Waals surface area contributed by atoms with Gasteiger partial charge in [-0.3, -0.25) is 0 Å². The standard InChI is InChI=1S/C18H36N2O3/c1-14(2)10-12-22-13-11-19-15-6-8-16(9-7-15)20-17(21)23-18(3,4)5/h14-16,19H,6-13H2,1-5H3,(H,20,21). The normalized spacial score (nSPS) is 22.2. The third-order valence-electron chi connectivity index (χ3n) is 3.97. The molecule has 0 bridgehead atoms. The van der Waals surface area contributed by atoms with Crippen LogP contribution in [0.3, 0.4) is 0 Å². The molecule has 0 aliphatic heterocycles. The molecule has 0 atom stereocenters. The minimum atomic E-state index is -0.432. The van der Waals surface area contributed by atoms with E-state index in [1.807, 2.05) is 20.8 Å². The molecule has 0 aromatic rings. The van der Waals surface area contributed by atoms with Gasteiger partial charge >= 0.3 is 6.09 Å². The lowest BCUT2D eigenvalue weighted by molar-refractivity contribution is 0.0489. The number of carbonyl (C=O) groups excluding carboxylic acids is 1. The first kappa shape index (κ1) is 20.2. The van der Waals surface area contributed by atoms with Gasteiger partial charge in [0.15, 0.2) is 0 Å². The average molecular weight is 328 g/mol. The molecule has 0 aromatic carbocycles. The Labute approximate surface area is 141 Å². The maximum Gasteiger partial charge on any atom is 0.407 e. The summed E-state index contributed by atoms with van der Waals surface area (Å²) in [5, 5.41) is 6.53. The molecule has 1 aliphatic rings. The summed E-state index contributed by atoms with van der Waals surface area (Å²) in [6.45, 7) is 12.6. The molecule has 5 heteroatoms. The van der Waals surface area contributed by atoms with E-state index in [9.17, 15) is 4.79 Å². The molecule has 2 N–H and O–H groups in total. The Morgan fingerprint density at radius 2 is 1.70 bits per heavy atom. The number of hydrogen-bond donors (Lipinski definition) is 2. The summed E-state index contributed by atoms with van der Waals surface area (Å²) in [5.74, 6) is 0.704. The van der Waals surface area contributed by atoms with E-state index in [0.29, 0.717) is 12.0 Å². The molecule has 0 radical (unpaired) electrons. The van der Waals surface area contributed by atoms with Gasteiger partial charge in [0.25, 0.3) is 0 Å². The molecular weight excluding hydrogens is 292 g/mol. The highest BCUT2D eigenvalue weighted by Crippen LogP contribution is 2.19. The van der Waals surface area contributed by atoms with Gasteiger partial charge in [0, 0.05) is 25.2 Å². The topological polar surface area (TPSA) is 59.6 Å². The van der Waals surface area contributed by atoms with E-state index in [2.05, 4.69) is 24.5 Å². The van der Waals surface area contributed by atoms with Gasteiger partial charge in [0.05, 0.1) is 6.61 Å². The predicted octanol–water partition coefficient (Wildman–Crippen LogP) is 3.47. The minimum absolute atomic E-state index is 0.241. The first-order chi connectivity index (χ1) is 10.8. The molecule has 0 aromatic heterocycles. The van der Waals surface area contributed by atoms with E-state index in [1.165, 1.54) is 0 Å². The molecule has 0 saturated heterocycles. The quantitative estimate of drug-likeness (QED) is 0.670. The first-order valence-electron chi connectivity index (χ1n) is 9.07. The summed E-state index contributed by atoms with van der Waals surface area (Å²) < 4.78 is 10.9. The zero-order valence-corrected chi connectivity index (χ0v) is 15.6. The van der Waals surface area contributed by atoms with Crippen molar-refractivity contribution in [1.29, 1.82) is 0 Å². The molecule has 5 nitrogen and oxygen atoms in total. The zero-order chi connectivity index (χ0) is 17.3. The van der Waals surface area contributed by atoms with Crippen LogP contribution in [0, 0.1) is 5.92 Å². The molecule has 1 amide bonds. The van der Waals surface area contributed by atoms with E-state index in [4.69, 9.17) is 9.47 Å². The smallest absolute Gasteiger partial charge is 0.407 e.